The van der Waals surface area contributed by atoms with Gasteiger partial charge in [0.2, 0.25) is 0 Å². The summed E-state index contributed by atoms with van der Waals surface area (Å²) in [6.45, 7) is 8.34. The largest absolute Gasteiger partial charge is 0.350 e. The van der Waals surface area contributed by atoms with Crippen LogP contribution in [0.5, 0.6) is 0 Å². The highest BCUT2D eigenvalue weighted by atomic mass is 15.0. The summed E-state index contributed by atoms with van der Waals surface area (Å²) in [5.41, 5.74) is 3.83. The Kier molecular flexibility index (Phi) is 4.74. The summed E-state index contributed by atoms with van der Waals surface area (Å²) < 4.78 is 2.23. The highest BCUT2D eigenvalue weighted by Crippen LogP contribution is 2.17. The van der Waals surface area contributed by atoms with Gasteiger partial charge in [-0.2, -0.15) is 0 Å². The van der Waals surface area contributed by atoms with Crippen LogP contribution in [-0.4, -0.2) is 16.1 Å². The van der Waals surface area contributed by atoms with Gasteiger partial charge in [-0.25, -0.2) is 0 Å². The fourth-order valence-electron chi connectivity index (χ4n) is 2.42. The van der Waals surface area contributed by atoms with E-state index in [0.717, 1.165) is 19.5 Å². The van der Waals surface area contributed by atoms with Crippen LogP contribution >= 0.6 is 0 Å². The molecule has 0 aliphatic carbocycles. The van der Waals surface area contributed by atoms with Crippen LogP contribution in [0.3, 0.4) is 0 Å². The van der Waals surface area contributed by atoms with Gasteiger partial charge < -0.3 is 9.88 Å². The predicted octanol–water partition coefficient (Wildman–Crippen LogP) is 3.30. The van der Waals surface area contributed by atoms with E-state index in [-0.39, 0.29) is 0 Å². The van der Waals surface area contributed by atoms with E-state index < -0.39 is 0 Å². The number of pyridine rings is 1. The summed E-state index contributed by atoms with van der Waals surface area (Å²) in [6.07, 6.45) is 9.33. The Balaban J connectivity index is 2.08. The zero-order chi connectivity index (χ0) is 13.7. The van der Waals surface area contributed by atoms with Gasteiger partial charge in [0.05, 0.1) is 0 Å². The first-order valence-corrected chi connectivity index (χ1v) is 7.02. The minimum absolute atomic E-state index is 0.460. The Bertz CT molecular complexity index is 516. The first kappa shape index (κ1) is 13.8. The minimum atomic E-state index is 0.460. The first-order valence-electron chi connectivity index (χ1n) is 7.02. The summed E-state index contributed by atoms with van der Waals surface area (Å²) in [4.78, 5) is 4.24. The molecule has 0 fully saturated rings. The van der Waals surface area contributed by atoms with Gasteiger partial charge in [0, 0.05) is 37.4 Å². The average Bonchev–Trinajstić information content (AvgIpc) is 2.84. The molecule has 0 amide bonds. The third-order valence-corrected chi connectivity index (χ3v) is 3.33. The van der Waals surface area contributed by atoms with Gasteiger partial charge in [-0.05, 0) is 42.6 Å². The Hall–Kier alpha value is -1.61. The topological polar surface area (TPSA) is 29.9 Å². The van der Waals surface area contributed by atoms with Crippen LogP contribution in [0.4, 0.5) is 0 Å². The van der Waals surface area contributed by atoms with Crippen molar-refractivity contribution in [2.45, 2.75) is 39.8 Å². The van der Waals surface area contributed by atoms with Crippen molar-refractivity contribution in [3.8, 4) is 0 Å². The van der Waals surface area contributed by atoms with Crippen LogP contribution in [0, 0.1) is 6.92 Å². The van der Waals surface area contributed by atoms with E-state index in [4.69, 9.17) is 0 Å². The molecule has 1 unspecified atom stereocenters. The fourth-order valence-corrected chi connectivity index (χ4v) is 2.42. The normalized spacial score (nSPS) is 12.6. The third kappa shape index (κ3) is 3.67. The second kappa shape index (κ2) is 6.53. The maximum Gasteiger partial charge on any atom is 0.0485 e. The van der Waals surface area contributed by atoms with Gasteiger partial charge in [0.15, 0.2) is 0 Å². The molecule has 0 aromatic carbocycles. The quantitative estimate of drug-likeness (QED) is 0.860. The van der Waals surface area contributed by atoms with Crippen molar-refractivity contribution in [1.29, 1.82) is 0 Å². The smallest absolute Gasteiger partial charge is 0.0485 e. The molecular weight excluding hydrogens is 234 g/mol. The van der Waals surface area contributed by atoms with Crippen molar-refractivity contribution in [3.05, 3.63) is 53.6 Å². The Morgan fingerprint density at radius 2 is 2.16 bits per heavy atom. The van der Waals surface area contributed by atoms with Crippen molar-refractivity contribution in [1.82, 2.24) is 14.9 Å². The summed E-state index contributed by atoms with van der Waals surface area (Å²) in [5.74, 6) is 0. The van der Waals surface area contributed by atoms with Crippen LogP contribution in [0.2, 0.25) is 0 Å². The number of aromatic nitrogens is 2. The highest BCUT2D eigenvalue weighted by molar-refractivity contribution is 5.20. The van der Waals surface area contributed by atoms with Gasteiger partial charge >= 0.3 is 0 Å². The monoisotopic (exact) mass is 257 g/mol. The highest BCUT2D eigenvalue weighted by Gasteiger charge is 2.09. The van der Waals surface area contributed by atoms with Crippen LogP contribution in [-0.2, 0) is 6.54 Å². The molecule has 0 bridgehead atoms. The Morgan fingerprint density at radius 3 is 2.84 bits per heavy atom. The summed E-state index contributed by atoms with van der Waals surface area (Å²) in [5, 5.41) is 3.51. The lowest BCUT2D eigenvalue weighted by Gasteiger charge is -2.14. The number of rotatable bonds is 6. The number of hydrogen-bond donors (Lipinski definition) is 1. The zero-order valence-corrected chi connectivity index (χ0v) is 12.1. The second-order valence-electron chi connectivity index (χ2n) is 5.01. The summed E-state index contributed by atoms with van der Waals surface area (Å²) >= 11 is 0. The van der Waals surface area contributed by atoms with Gasteiger partial charge in [0.25, 0.3) is 0 Å². The van der Waals surface area contributed by atoms with E-state index in [0.29, 0.717) is 6.04 Å². The number of nitrogens with zero attached hydrogens (tertiary/aromatic N) is 2. The molecule has 2 rings (SSSR count). The van der Waals surface area contributed by atoms with Crippen LogP contribution in [0.1, 0.15) is 43.0 Å². The van der Waals surface area contributed by atoms with Crippen molar-refractivity contribution in [2.24, 2.45) is 0 Å². The van der Waals surface area contributed by atoms with Crippen LogP contribution in [0.15, 0.2) is 36.9 Å². The SMILES string of the molecule is CCNC(CC)c1ccn(Cc2cncc(C)c2)c1. The summed E-state index contributed by atoms with van der Waals surface area (Å²) in [7, 11) is 0. The number of aryl methyl sites for hydroxylation is 1. The maximum absolute atomic E-state index is 4.24. The molecule has 0 saturated carbocycles. The summed E-state index contributed by atoms with van der Waals surface area (Å²) in [6, 6.07) is 4.86. The fraction of sp³-hybridized carbons (Fsp3) is 0.438. The minimum Gasteiger partial charge on any atom is -0.350 e. The molecule has 2 aromatic rings. The molecule has 3 nitrogen and oxygen atoms in total. The molecule has 0 aliphatic rings. The van der Waals surface area contributed by atoms with E-state index in [1.54, 1.807) is 0 Å². The Labute approximate surface area is 115 Å². The van der Waals surface area contributed by atoms with Gasteiger partial charge in [-0.15, -0.1) is 0 Å². The lowest BCUT2D eigenvalue weighted by atomic mass is 10.1. The van der Waals surface area contributed by atoms with Crippen molar-refractivity contribution < 1.29 is 0 Å². The molecule has 0 spiro atoms. The van der Waals surface area contributed by atoms with Crippen molar-refractivity contribution >= 4 is 0 Å². The van der Waals surface area contributed by atoms with E-state index in [1.807, 2.05) is 12.4 Å². The van der Waals surface area contributed by atoms with E-state index in [9.17, 15) is 0 Å². The van der Waals surface area contributed by atoms with Crippen LogP contribution in [0.25, 0.3) is 0 Å². The molecule has 2 heterocycles. The molecule has 0 aliphatic heterocycles. The molecule has 1 atom stereocenters. The standard InChI is InChI=1S/C16H23N3/c1-4-16(18-5-2)15-6-7-19(12-15)11-14-8-13(3)9-17-10-14/h6-10,12,16,18H,4-5,11H2,1-3H3. The van der Waals surface area contributed by atoms with Crippen LogP contribution < -0.4 is 5.32 Å². The van der Waals surface area contributed by atoms with Gasteiger partial charge in [-0.1, -0.05) is 19.9 Å². The lowest BCUT2D eigenvalue weighted by Crippen LogP contribution is -2.19. The number of hydrogen-bond acceptors (Lipinski definition) is 2. The number of nitrogens with one attached hydrogen (secondary N) is 1. The van der Waals surface area contributed by atoms with Crippen molar-refractivity contribution in [3.63, 3.8) is 0 Å². The lowest BCUT2D eigenvalue weighted by molar-refractivity contribution is 0.536. The third-order valence-electron chi connectivity index (χ3n) is 3.33. The first-order chi connectivity index (χ1) is 9.22. The molecule has 0 saturated heterocycles. The average molecular weight is 257 g/mol. The van der Waals surface area contributed by atoms with Crippen molar-refractivity contribution in [2.75, 3.05) is 6.54 Å². The molecule has 102 valence electrons. The van der Waals surface area contributed by atoms with E-state index in [1.165, 1.54) is 16.7 Å². The molecule has 19 heavy (non-hydrogen) atoms. The Morgan fingerprint density at radius 1 is 1.32 bits per heavy atom. The molecule has 3 heteroatoms. The molecule has 1 N–H and O–H groups in total. The molecular formula is C16H23N3. The molecule has 0 radical (unpaired) electrons. The van der Waals surface area contributed by atoms with Gasteiger partial charge in [0.1, 0.15) is 0 Å². The molecule has 2 aromatic heterocycles. The van der Waals surface area contributed by atoms with E-state index >= 15 is 0 Å². The predicted molar refractivity (Wildman–Crippen MR) is 79.2 cm³/mol. The van der Waals surface area contributed by atoms with Gasteiger partial charge in [-0.3, -0.25) is 4.98 Å². The second-order valence-corrected chi connectivity index (χ2v) is 5.01. The zero-order valence-electron chi connectivity index (χ0n) is 12.1. The van der Waals surface area contributed by atoms with E-state index in [2.05, 4.69) is 60.2 Å². The maximum atomic E-state index is 4.24.